The molecule has 0 spiro atoms. The van der Waals surface area contributed by atoms with Crippen LogP contribution < -0.4 is 15.0 Å². The van der Waals surface area contributed by atoms with Crippen molar-refractivity contribution in [3.8, 4) is 5.75 Å². The van der Waals surface area contributed by atoms with Gasteiger partial charge in [-0.25, -0.2) is 0 Å². The molecule has 1 aliphatic heterocycles. The maximum atomic E-state index is 14.2. The van der Waals surface area contributed by atoms with Crippen molar-refractivity contribution >= 4 is 23.1 Å². The predicted molar refractivity (Wildman–Crippen MR) is 158 cm³/mol. The first kappa shape index (κ1) is 25.6. The van der Waals surface area contributed by atoms with Gasteiger partial charge < -0.3 is 10.1 Å². The molecule has 5 heteroatoms. The lowest BCUT2D eigenvalue weighted by Crippen LogP contribution is -2.38. The summed E-state index contributed by atoms with van der Waals surface area (Å²) in [5.74, 6) is 0.769. The number of benzene rings is 4. The molecule has 0 saturated heterocycles. The summed E-state index contributed by atoms with van der Waals surface area (Å²) in [4.78, 5) is 29.5. The molecule has 4 aromatic carbocycles. The molecule has 4 aromatic rings. The van der Waals surface area contributed by atoms with Gasteiger partial charge in [0.05, 0.1) is 17.4 Å². The Balaban J connectivity index is 1.42. The highest BCUT2D eigenvalue weighted by Crippen LogP contribution is 2.48. The topological polar surface area (TPSA) is 58.6 Å². The number of amides is 1. The lowest BCUT2D eigenvalue weighted by atomic mass is 9.78. The molecule has 1 N–H and O–H groups in total. The quantitative estimate of drug-likeness (QED) is 0.280. The fourth-order valence-electron chi connectivity index (χ4n) is 5.89. The second-order valence-corrected chi connectivity index (χ2v) is 10.3. The first-order valence-electron chi connectivity index (χ1n) is 13.9. The minimum atomic E-state index is -0.502. The number of carbonyl (C=O) groups is 2. The van der Waals surface area contributed by atoms with E-state index in [1.165, 1.54) is 0 Å². The minimum Gasteiger partial charge on any atom is -0.489 e. The van der Waals surface area contributed by atoms with Crippen molar-refractivity contribution in [2.24, 2.45) is 0 Å². The first-order chi connectivity index (χ1) is 19.6. The molecule has 1 heterocycles. The molecule has 0 fully saturated rings. The van der Waals surface area contributed by atoms with E-state index in [4.69, 9.17) is 4.74 Å². The molecule has 5 nitrogen and oxygen atoms in total. The number of ether oxygens (including phenoxy) is 1. The highest BCUT2D eigenvalue weighted by molar-refractivity contribution is 6.06. The third kappa shape index (κ3) is 4.91. The molecule has 200 valence electrons. The van der Waals surface area contributed by atoms with Gasteiger partial charge in [0.1, 0.15) is 12.4 Å². The Kier molecular flexibility index (Phi) is 7.19. The number of fused-ring (bicyclic) bond motifs is 1. The van der Waals surface area contributed by atoms with Crippen molar-refractivity contribution in [1.29, 1.82) is 0 Å². The van der Waals surface area contributed by atoms with Crippen LogP contribution >= 0.6 is 0 Å². The van der Waals surface area contributed by atoms with Gasteiger partial charge in [0.25, 0.3) is 0 Å². The largest absolute Gasteiger partial charge is 0.489 e. The molecule has 40 heavy (non-hydrogen) atoms. The summed E-state index contributed by atoms with van der Waals surface area (Å²) in [6.07, 6.45) is 1.32. The molecule has 2 atom stereocenters. The van der Waals surface area contributed by atoms with Gasteiger partial charge in [0, 0.05) is 30.0 Å². The Labute approximate surface area is 235 Å². The van der Waals surface area contributed by atoms with E-state index in [1.54, 1.807) is 0 Å². The summed E-state index contributed by atoms with van der Waals surface area (Å²) < 4.78 is 6.28. The van der Waals surface area contributed by atoms with Crippen LogP contribution in [0.1, 0.15) is 54.8 Å². The Morgan fingerprint density at radius 2 is 1.52 bits per heavy atom. The number of ketones is 1. The van der Waals surface area contributed by atoms with Gasteiger partial charge in [0.2, 0.25) is 5.91 Å². The summed E-state index contributed by atoms with van der Waals surface area (Å²) in [5, 5.41) is 3.60. The Morgan fingerprint density at radius 3 is 2.30 bits per heavy atom. The normalized spacial score (nSPS) is 18.3. The van der Waals surface area contributed by atoms with Crippen molar-refractivity contribution in [3.63, 3.8) is 0 Å². The minimum absolute atomic E-state index is 0.0218. The predicted octanol–water partition coefficient (Wildman–Crippen LogP) is 7.58. The number of hydrogen-bond acceptors (Lipinski definition) is 4. The van der Waals surface area contributed by atoms with E-state index in [1.807, 2.05) is 115 Å². The van der Waals surface area contributed by atoms with Gasteiger partial charge in [-0.15, -0.1) is 0 Å². The molecule has 2 aliphatic rings. The number of carbonyl (C=O) groups excluding carboxylic acids is 2. The lowest BCUT2D eigenvalue weighted by Gasteiger charge is -2.35. The number of nitrogens with one attached hydrogen (secondary N) is 1. The summed E-state index contributed by atoms with van der Waals surface area (Å²) in [5.41, 5.74) is 6.19. The van der Waals surface area contributed by atoms with Gasteiger partial charge in [-0.2, -0.15) is 0 Å². The Bertz CT molecular complexity index is 1560. The maximum absolute atomic E-state index is 14.2. The number of rotatable bonds is 6. The average Bonchev–Trinajstić information content (AvgIpc) is 3.15. The van der Waals surface area contributed by atoms with Crippen LogP contribution in [0.5, 0.6) is 5.75 Å². The fourth-order valence-corrected chi connectivity index (χ4v) is 5.89. The molecule has 1 aliphatic carbocycles. The van der Waals surface area contributed by atoms with Crippen LogP contribution in [0.3, 0.4) is 0 Å². The summed E-state index contributed by atoms with van der Waals surface area (Å²) in [6.45, 7) is 2.33. The molecule has 1 amide bonds. The van der Waals surface area contributed by atoms with E-state index in [2.05, 4.69) is 11.4 Å². The smallest absolute Gasteiger partial charge is 0.227 e. The molecule has 0 unspecified atom stereocenters. The molecule has 0 bridgehead atoms. The number of hydrogen-bond donors (Lipinski definition) is 1. The third-order valence-corrected chi connectivity index (χ3v) is 7.77. The van der Waals surface area contributed by atoms with Crippen LogP contribution in [0.25, 0.3) is 0 Å². The van der Waals surface area contributed by atoms with E-state index >= 15 is 0 Å². The van der Waals surface area contributed by atoms with E-state index in [9.17, 15) is 9.59 Å². The maximum Gasteiger partial charge on any atom is 0.227 e. The number of nitrogens with zero attached hydrogens (tertiary/aromatic N) is 1. The van der Waals surface area contributed by atoms with Crippen molar-refractivity contribution in [2.45, 2.75) is 44.8 Å². The SMILES string of the molecule is CCC(=O)N1c2ccccc2NC2=C(C(=O)C[C@@H](c3ccccc3OCc3ccccc3)C2)[C@H]1c1ccccc1. The lowest BCUT2D eigenvalue weighted by molar-refractivity contribution is -0.119. The third-order valence-electron chi connectivity index (χ3n) is 7.77. The van der Waals surface area contributed by atoms with Gasteiger partial charge in [-0.05, 0) is 41.3 Å². The van der Waals surface area contributed by atoms with Crippen molar-refractivity contribution < 1.29 is 14.3 Å². The van der Waals surface area contributed by atoms with Crippen LogP contribution in [0.2, 0.25) is 0 Å². The van der Waals surface area contributed by atoms with Gasteiger partial charge in [-0.1, -0.05) is 97.9 Å². The number of allylic oxidation sites excluding steroid dienone is 1. The van der Waals surface area contributed by atoms with Crippen molar-refractivity contribution in [1.82, 2.24) is 0 Å². The van der Waals surface area contributed by atoms with Crippen molar-refractivity contribution in [3.05, 3.63) is 137 Å². The van der Waals surface area contributed by atoms with Crippen LogP contribution in [0.15, 0.2) is 120 Å². The molecule has 0 aromatic heterocycles. The second kappa shape index (κ2) is 11.2. The summed E-state index contributed by atoms with van der Waals surface area (Å²) in [7, 11) is 0. The van der Waals surface area contributed by atoms with E-state index in [0.717, 1.165) is 39.5 Å². The first-order valence-corrected chi connectivity index (χ1v) is 13.9. The Morgan fingerprint density at radius 1 is 0.850 bits per heavy atom. The molecular formula is C35H32N2O3. The van der Waals surface area contributed by atoms with Crippen molar-refractivity contribution in [2.75, 3.05) is 10.2 Å². The van der Waals surface area contributed by atoms with Gasteiger partial charge >= 0.3 is 0 Å². The van der Waals surface area contributed by atoms with Crippen LogP contribution in [0, 0.1) is 0 Å². The Hall–Kier alpha value is -4.64. The zero-order valence-electron chi connectivity index (χ0n) is 22.5. The fraction of sp³-hybridized carbons (Fsp3) is 0.200. The standard InChI is InChI=1S/C35H32N2O3/c1-2-33(39)37-30-19-11-10-18-28(30)36-29-21-26(22-31(38)34(29)35(37)25-15-7-4-8-16-25)27-17-9-12-20-32(27)40-23-24-13-5-3-6-14-24/h3-20,26,35-36H,2,21-23H2,1H3/t26-,35+/m0/s1. The highest BCUT2D eigenvalue weighted by Gasteiger charge is 2.41. The monoisotopic (exact) mass is 528 g/mol. The van der Waals surface area contributed by atoms with Crippen LogP contribution in [0.4, 0.5) is 11.4 Å². The van der Waals surface area contributed by atoms with Gasteiger partial charge in [0.15, 0.2) is 5.78 Å². The van der Waals surface area contributed by atoms with Crippen LogP contribution in [-0.4, -0.2) is 11.7 Å². The summed E-state index contributed by atoms with van der Waals surface area (Å²) >= 11 is 0. The average molecular weight is 529 g/mol. The number of para-hydroxylation sites is 3. The van der Waals surface area contributed by atoms with E-state index in [-0.39, 0.29) is 17.6 Å². The number of anilines is 2. The van der Waals surface area contributed by atoms with Crippen LogP contribution in [-0.2, 0) is 16.2 Å². The highest BCUT2D eigenvalue weighted by atomic mass is 16.5. The molecule has 0 saturated carbocycles. The van der Waals surface area contributed by atoms with E-state index < -0.39 is 6.04 Å². The summed E-state index contributed by atoms with van der Waals surface area (Å²) in [6, 6.07) is 35.3. The van der Waals surface area contributed by atoms with E-state index in [0.29, 0.717) is 31.4 Å². The number of Topliss-reactive ketones (excluding diaryl/α,β-unsaturated/α-hetero) is 1. The molecular weight excluding hydrogens is 496 g/mol. The zero-order valence-corrected chi connectivity index (χ0v) is 22.5. The zero-order chi connectivity index (χ0) is 27.5. The second-order valence-electron chi connectivity index (χ2n) is 10.3. The molecule has 0 radical (unpaired) electrons. The molecule has 6 rings (SSSR count). The van der Waals surface area contributed by atoms with Gasteiger partial charge in [-0.3, -0.25) is 14.5 Å².